The second-order valence-corrected chi connectivity index (χ2v) is 5.77. The van der Waals surface area contributed by atoms with Crippen LogP contribution in [0.15, 0.2) is 0 Å². The maximum Gasteiger partial charge on any atom is 0.265 e. The van der Waals surface area contributed by atoms with Gasteiger partial charge in [-0.25, -0.2) is 4.98 Å². The first-order chi connectivity index (χ1) is 8.11. The molecule has 0 radical (unpaired) electrons. The van der Waals surface area contributed by atoms with Crippen LogP contribution in [0.2, 0.25) is 0 Å². The molecular formula is C12H18N2O2S. The van der Waals surface area contributed by atoms with Gasteiger partial charge in [-0.05, 0) is 32.6 Å². The Morgan fingerprint density at radius 1 is 1.47 bits per heavy atom. The quantitative estimate of drug-likeness (QED) is 0.872. The van der Waals surface area contributed by atoms with Crippen LogP contribution in [0.4, 0.5) is 0 Å². The number of piperidine rings is 1. The van der Waals surface area contributed by atoms with Crippen molar-refractivity contribution in [3.63, 3.8) is 0 Å². The molecule has 0 spiro atoms. The third-order valence-corrected chi connectivity index (χ3v) is 4.32. The summed E-state index contributed by atoms with van der Waals surface area (Å²) in [5, 5.41) is 10.0. The molecular weight excluding hydrogens is 236 g/mol. The molecule has 2 heterocycles. The van der Waals surface area contributed by atoms with Gasteiger partial charge in [0.25, 0.3) is 5.91 Å². The molecule has 1 N–H and O–H groups in total. The summed E-state index contributed by atoms with van der Waals surface area (Å²) in [5.41, 5.74) is 0.835. The van der Waals surface area contributed by atoms with E-state index in [-0.39, 0.29) is 12.5 Å². The van der Waals surface area contributed by atoms with E-state index in [9.17, 15) is 4.79 Å². The van der Waals surface area contributed by atoms with Crippen molar-refractivity contribution in [2.24, 2.45) is 5.92 Å². The van der Waals surface area contributed by atoms with Crippen LogP contribution in [-0.4, -0.2) is 40.6 Å². The lowest BCUT2D eigenvalue weighted by Gasteiger charge is -2.30. The minimum absolute atomic E-state index is 0.101. The van der Waals surface area contributed by atoms with Crippen molar-refractivity contribution in [2.45, 2.75) is 26.7 Å². The molecule has 0 saturated carbocycles. The molecule has 1 fully saturated rings. The van der Waals surface area contributed by atoms with Gasteiger partial charge >= 0.3 is 0 Å². The zero-order chi connectivity index (χ0) is 12.4. The van der Waals surface area contributed by atoms with Gasteiger partial charge in [0.05, 0.1) is 10.7 Å². The number of hydrogen-bond donors (Lipinski definition) is 1. The topological polar surface area (TPSA) is 53.4 Å². The highest BCUT2D eigenvalue weighted by atomic mass is 32.1. The van der Waals surface area contributed by atoms with E-state index in [1.54, 1.807) is 0 Å². The van der Waals surface area contributed by atoms with Crippen LogP contribution in [0, 0.1) is 19.8 Å². The van der Waals surface area contributed by atoms with E-state index in [0.717, 1.165) is 41.5 Å². The average molecular weight is 254 g/mol. The van der Waals surface area contributed by atoms with Crippen molar-refractivity contribution in [3.8, 4) is 0 Å². The Morgan fingerprint density at radius 3 is 2.59 bits per heavy atom. The van der Waals surface area contributed by atoms with E-state index >= 15 is 0 Å². The molecule has 4 nitrogen and oxygen atoms in total. The molecule has 0 bridgehead atoms. The number of aliphatic hydroxyl groups excluding tert-OH is 1. The van der Waals surface area contributed by atoms with E-state index in [1.807, 2.05) is 18.7 Å². The zero-order valence-corrected chi connectivity index (χ0v) is 11.1. The Morgan fingerprint density at radius 2 is 2.12 bits per heavy atom. The molecule has 1 aromatic rings. The van der Waals surface area contributed by atoms with Crippen LogP contribution in [0.25, 0.3) is 0 Å². The number of amides is 1. The number of carbonyl (C=O) groups is 1. The van der Waals surface area contributed by atoms with Crippen molar-refractivity contribution >= 4 is 17.2 Å². The van der Waals surface area contributed by atoms with Gasteiger partial charge in [-0.3, -0.25) is 4.79 Å². The van der Waals surface area contributed by atoms with E-state index < -0.39 is 0 Å². The zero-order valence-electron chi connectivity index (χ0n) is 10.3. The largest absolute Gasteiger partial charge is 0.396 e. The predicted octanol–water partition coefficient (Wildman–Crippen LogP) is 1.60. The van der Waals surface area contributed by atoms with Crippen molar-refractivity contribution in [3.05, 3.63) is 15.6 Å². The molecule has 0 aliphatic carbocycles. The van der Waals surface area contributed by atoms with Gasteiger partial charge in [0.2, 0.25) is 0 Å². The highest BCUT2D eigenvalue weighted by molar-refractivity contribution is 7.13. The molecule has 1 saturated heterocycles. The fourth-order valence-corrected chi connectivity index (χ4v) is 3.08. The lowest BCUT2D eigenvalue weighted by atomic mass is 9.98. The van der Waals surface area contributed by atoms with Gasteiger partial charge in [-0.2, -0.15) is 0 Å². The summed E-state index contributed by atoms with van der Waals surface area (Å²) in [7, 11) is 0. The molecule has 5 heteroatoms. The Kier molecular flexibility index (Phi) is 3.79. The third-order valence-electron chi connectivity index (χ3n) is 3.26. The molecule has 0 unspecified atom stereocenters. The summed E-state index contributed by atoms with van der Waals surface area (Å²) in [6, 6.07) is 0. The summed E-state index contributed by atoms with van der Waals surface area (Å²) in [6.07, 6.45) is 1.80. The molecule has 94 valence electrons. The molecule has 1 aromatic heterocycles. The van der Waals surface area contributed by atoms with Crippen LogP contribution in [-0.2, 0) is 0 Å². The monoisotopic (exact) mass is 254 g/mol. The number of hydrogen-bond acceptors (Lipinski definition) is 4. The molecule has 1 aliphatic heterocycles. The average Bonchev–Trinajstić information content (AvgIpc) is 2.68. The van der Waals surface area contributed by atoms with Crippen LogP contribution >= 0.6 is 11.3 Å². The first kappa shape index (κ1) is 12.5. The molecule has 17 heavy (non-hydrogen) atoms. The van der Waals surface area contributed by atoms with Crippen molar-refractivity contribution in [1.82, 2.24) is 9.88 Å². The lowest BCUT2D eigenvalue weighted by Crippen LogP contribution is -2.39. The normalized spacial score (nSPS) is 17.5. The van der Waals surface area contributed by atoms with Gasteiger partial charge < -0.3 is 10.0 Å². The molecule has 0 aromatic carbocycles. The number of aryl methyl sites for hydroxylation is 2. The highest BCUT2D eigenvalue weighted by Gasteiger charge is 2.25. The second-order valence-electron chi connectivity index (χ2n) is 4.57. The Labute approximate surface area is 105 Å². The minimum atomic E-state index is 0.101. The lowest BCUT2D eigenvalue weighted by molar-refractivity contribution is 0.0654. The standard InChI is InChI=1S/C12H18N2O2S/c1-8-11(17-9(2)13-8)12(16)14-5-3-10(7-15)4-6-14/h10,15H,3-7H2,1-2H3. The van der Waals surface area contributed by atoms with Gasteiger partial charge in [0, 0.05) is 19.7 Å². The summed E-state index contributed by atoms with van der Waals surface area (Å²) < 4.78 is 0. The number of aromatic nitrogens is 1. The van der Waals surface area contributed by atoms with Crippen LogP contribution in [0.1, 0.15) is 33.2 Å². The summed E-state index contributed by atoms with van der Waals surface area (Å²) in [5.74, 6) is 0.466. The van der Waals surface area contributed by atoms with Crippen LogP contribution < -0.4 is 0 Å². The third kappa shape index (κ3) is 2.66. The first-order valence-electron chi connectivity index (χ1n) is 5.96. The highest BCUT2D eigenvalue weighted by Crippen LogP contribution is 2.23. The Balaban J connectivity index is 2.04. The van der Waals surface area contributed by atoms with Gasteiger partial charge in [-0.15, -0.1) is 11.3 Å². The predicted molar refractivity (Wildman–Crippen MR) is 67.3 cm³/mol. The second kappa shape index (κ2) is 5.14. The van der Waals surface area contributed by atoms with E-state index in [2.05, 4.69) is 4.98 Å². The molecule has 1 aliphatic rings. The minimum Gasteiger partial charge on any atom is -0.396 e. The summed E-state index contributed by atoms with van der Waals surface area (Å²) in [4.78, 5) is 19.2. The van der Waals surface area contributed by atoms with E-state index in [4.69, 9.17) is 5.11 Å². The summed E-state index contributed by atoms with van der Waals surface area (Å²) >= 11 is 1.47. The van der Waals surface area contributed by atoms with Crippen molar-refractivity contribution in [1.29, 1.82) is 0 Å². The fraction of sp³-hybridized carbons (Fsp3) is 0.667. The Hall–Kier alpha value is -0.940. The van der Waals surface area contributed by atoms with Crippen LogP contribution in [0.5, 0.6) is 0 Å². The molecule has 0 atom stereocenters. The van der Waals surface area contributed by atoms with Crippen molar-refractivity contribution in [2.75, 3.05) is 19.7 Å². The van der Waals surface area contributed by atoms with Gasteiger partial charge in [0.1, 0.15) is 4.88 Å². The smallest absolute Gasteiger partial charge is 0.265 e. The maximum atomic E-state index is 12.3. The maximum absolute atomic E-state index is 12.3. The van der Waals surface area contributed by atoms with Crippen molar-refractivity contribution < 1.29 is 9.90 Å². The first-order valence-corrected chi connectivity index (χ1v) is 6.77. The van der Waals surface area contributed by atoms with E-state index in [0.29, 0.717) is 5.92 Å². The molecule has 2 rings (SSSR count). The number of thiazole rings is 1. The number of likely N-dealkylation sites (tertiary alicyclic amines) is 1. The number of nitrogens with zero attached hydrogens (tertiary/aromatic N) is 2. The summed E-state index contributed by atoms with van der Waals surface area (Å²) in [6.45, 7) is 5.55. The van der Waals surface area contributed by atoms with E-state index in [1.165, 1.54) is 11.3 Å². The number of carbonyl (C=O) groups excluding carboxylic acids is 1. The number of rotatable bonds is 2. The molecule has 1 amide bonds. The van der Waals surface area contributed by atoms with Gasteiger partial charge in [-0.1, -0.05) is 0 Å². The SMILES string of the molecule is Cc1nc(C)c(C(=O)N2CCC(CO)CC2)s1. The Bertz CT molecular complexity index is 409. The van der Waals surface area contributed by atoms with Crippen LogP contribution in [0.3, 0.4) is 0 Å². The number of aliphatic hydroxyl groups is 1. The van der Waals surface area contributed by atoms with Gasteiger partial charge in [0.15, 0.2) is 0 Å². The fourth-order valence-electron chi connectivity index (χ4n) is 2.19.